The Bertz CT molecular complexity index is 1260. The van der Waals surface area contributed by atoms with Crippen LogP contribution in [-0.2, 0) is 28.6 Å². The average Bonchev–Trinajstić information content (AvgIpc) is 3.14. The molecule has 0 aromatic rings. The molecule has 0 aliphatic rings. The fourth-order valence-corrected chi connectivity index (χ4v) is 5.10. The van der Waals surface area contributed by atoms with Gasteiger partial charge in [0.2, 0.25) is 0 Å². The Morgan fingerprint density at radius 2 is 1.02 bits per heavy atom. The Hall–Kier alpha value is -4.01. The number of carboxylic acid groups (broad SMARTS) is 1. The third-order valence-corrected chi connectivity index (χ3v) is 8.20. The van der Waals surface area contributed by atoms with Crippen molar-refractivity contribution < 1.29 is 38.2 Å². The van der Waals surface area contributed by atoms with E-state index in [4.69, 9.17) is 14.2 Å². The maximum absolute atomic E-state index is 12.6. The number of aliphatic carboxylic acids is 1. The van der Waals surface area contributed by atoms with Crippen LogP contribution in [0.5, 0.6) is 0 Å². The minimum absolute atomic E-state index is 0.00614. The second-order valence-electron chi connectivity index (χ2n) is 14.1. The van der Waals surface area contributed by atoms with Crippen LogP contribution in [0.4, 0.5) is 0 Å². The lowest BCUT2D eigenvalue weighted by Crippen LogP contribution is -2.50. The molecule has 0 saturated carbocycles. The number of hydrogen-bond donors (Lipinski definition) is 1. The molecule has 8 nitrogen and oxygen atoms in total. The van der Waals surface area contributed by atoms with Gasteiger partial charge < -0.3 is 23.8 Å². The molecule has 0 aromatic carbocycles. The third-order valence-electron chi connectivity index (χ3n) is 8.20. The fraction of sp³-hybridized carbons (Fsp3) is 0.553. The summed E-state index contributed by atoms with van der Waals surface area (Å²) < 4.78 is 17.0. The van der Waals surface area contributed by atoms with Crippen molar-refractivity contribution in [2.75, 3.05) is 41.0 Å². The zero-order chi connectivity index (χ0) is 40.7. The molecule has 0 radical (unpaired) electrons. The van der Waals surface area contributed by atoms with Gasteiger partial charge in [0.05, 0.1) is 40.8 Å². The molecule has 2 atom stereocenters. The Kier molecular flexibility index (Phi) is 34.2. The van der Waals surface area contributed by atoms with Crippen molar-refractivity contribution in [3.63, 3.8) is 0 Å². The number of unbranched alkanes of at least 4 members (excludes halogenated alkanes) is 3. The molecule has 0 amide bonds. The molecule has 308 valence electrons. The molecular formula is C47H74NO7+. The van der Waals surface area contributed by atoms with Gasteiger partial charge in [-0.25, -0.2) is 4.79 Å². The molecule has 2 unspecified atom stereocenters. The van der Waals surface area contributed by atoms with Gasteiger partial charge >= 0.3 is 17.9 Å². The standard InChI is InChI=1S/C47H73NO7/c1-6-8-10-12-14-16-17-18-19-20-21-22-23-24-25-26-27-28-30-31-33-35-37-45(49)54-42-43(41-53-40-39-44(47(51)52)48(3,4)5)55-46(50)38-36-34-32-29-15-13-11-9-7-2/h8-11,14-16,18-19,21-22,24-25,27-29,34,36,43-44H,6-7,12-13,17,20,23,26,30-33,35,37-42H2,1-5H3/p+1/b10-8+,11-9+,16-14+,19-18+,22-21+,25-24+,28-27+,29-15+,36-34+. The van der Waals surface area contributed by atoms with Crippen LogP contribution in [0.1, 0.15) is 117 Å². The molecule has 0 fully saturated rings. The number of carbonyl (C=O) groups is 3. The smallest absolute Gasteiger partial charge is 0.362 e. The summed E-state index contributed by atoms with van der Waals surface area (Å²) >= 11 is 0. The molecular weight excluding hydrogens is 691 g/mol. The van der Waals surface area contributed by atoms with Crippen LogP contribution in [0.25, 0.3) is 0 Å². The molecule has 8 heteroatoms. The Labute approximate surface area is 334 Å². The van der Waals surface area contributed by atoms with Gasteiger partial charge in [-0.2, -0.15) is 0 Å². The van der Waals surface area contributed by atoms with Gasteiger partial charge in [-0.05, 0) is 77.0 Å². The van der Waals surface area contributed by atoms with Crippen molar-refractivity contribution in [1.82, 2.24) is 0 Å². The quantitative estimate of drug-likeness (QED) is 0.0301. The Morgan fingerprint density at radius 1 is 0.564 bits per heavy atom. The summed E-state index contributed by atoms with van der Waals surface area (Å²) in [6.07, 6.45) is 50.4. The van der Waals surface area contributed by atoms with Crippen molar-refractivity contribution in [1.29, 1.82) is 0 Å². The van der Waals surface area contributed by atoms with E-state index in [1.807, 2.05) is 33.3 Å². The third kappa shape index (κ3) is 35.4. The number of esters is 2. The van der Waals surface area contributed by atoms with Crippen LogP contribution in [0.2, 0.25) is 0 Å². The number of allylic oxidation sites excluding steroid dienone is 17. The SMILES string of the molecule is CC/C=C/C/C=C/C/C=C/C/C=C/C/C=C/C/C=C/CCCCCC(=O)OCC(COCCC(C(=O)O)[N+](C)(C)C)OC(=O)C/C=C/C/C=C/C/C=C/CC. The molecule has 0 bridgehead atoms. The molecule has 0 heterocycles. The van der Waals surface area contributed by atoms with Crippen LogP contribution >= 0.6 is 0 Å². The van der Waals surface area contributed by atoms with Gasteiger partial charge in [0.15, 0.2) is 12.1 Å². The van der Waals surface area contributed by atoms with Crippen LogP contribution < -0.4 is 0 Å². The number of quaternary nitrogens is 1. The van der Waals surface area contributed by atoms with E-state index in [1.54, 1.807) is 6.08 Å². The zero-order valence-corrected chi connectivity index (χ0v) is 34.8. The van der Waals surface area contributed by atoms with Crippen molar-refractivity contribution in [2.24, 2.45) is 0 Å². The van der Waals surface area contributed by atoms with Gasteiger partial charge in [0.1, 0.15) is 6.61 Å². The van der Waals surface area contributed by atoms with E-state index in [-0.39, 0.29) is 36.7 Å². The van der Waals surface area contributed by atoms with Gasteiger partial charge in [0, 0.05) is 12.8 Å². The highest BCUT2D eigenvalue weighted by molar-refractivity contribution is 5.72. The van der Waals surface area contributed by atoms with E-state index in [0.717, 1.165) is 83.5 Å². The summed E-state index contributed by atoms with van der Waals surface area (Å²) in [6.45, 7) is 4.31. The number of ether oxygens (including phenoxy) is 3. The van der Waals surface area contributed by atoms with E-state index in [0.29, 0.717) is 12.8 Å². The normalized spacial score (nSPS) is 14.1. The Morgan fingerprint density at radius 3 is 1.47 bits per heavy atom. The lowest BCUT2D eigenvalue weighted by molar-refractivity contribution is -0.887. The largest absolute Gasteiger partial charge is 0.477 e. The molecule has 55 heavy (non-hydrogen) atoms. The lowest BCUT2D eigenvalue weighted by Gasteiger charge is -2.31. The van der Waals surface area contributed by atoms with Crippen molar-refractivity contribution in [3.05, 3.63) is 109 Å². The predicted molar refractivity (Wildman–Crippen MR) is 229 cm³/mol. The summed E-state index contributed by atoms with van der Waals surface area (Å²) in [4.78, 5) is 36.7. The first kappa shape index (κ1) is 51.0. The number of nitrogens with zero attached hydrogens (tertiary/aromatic N) is 1. The zero-order valence-electron chi connectivity index (χ0n) is 34.8. The first-order valence-electron chi connectivity index (χ1n) is 20.4. The van der Waals surface area contributed by atoms with E-state index < -0.39 is 24.1 Å². The van der Waals surface area contributed by atoms with E-state index in [2.05, 4.69) is 105 Å². The molecule has 0 spiro atoms. The molecule has 0 saturated heterocycles. The highest BCUT2D eigenvalue weighted by Gasteiger charge is 2.31. The maximum Gasteiger partial charge on any atom is 0.362 e. The molecule has 0 aliphatic carbocycles. The number of likely N-dealkylation sites (N-methyl/N-ethyl adjacent to an activating group) is 1. The van der Waals surface area contributed by atoms with Gasteiger partial charge in [-0.3, -0.25) is 9.59 Å². The van der Waals surface area contributed by atoms with Crippen LogP contribution in [-0.4, -0.2) is 80.6 Å². The molecule has 1 N–H and O–H groups in total. The average molecular weight is 765 g/mol. The van der Waals surface area contributed by atoms with E-state index in [9.17, 15) is 19.5 Å². The molecule has 0 aliphatic heterocycles. The second kappa shape index (κ2) is 36.9. The highest BCUT2D eigenvalue weighted by atomic mass is 16.6. The van der Waals surface area contributed by atoms with Crippen molar-refractivity contribution >= 4 is 17.9 Å². The minimum Gasteiger partial charge on any atom is -0.477 e. The number of carboxylic acids is 1. The summed E-state index contributed by atoms with van der Waals surface area (Å²) in [7, 11) is 5.46. The van der Waals surface area contributed by atoms with Crippen LogP contribution in [0.15, 0.2) is 109 Å². The van der Waals surface area contributed by atoms with Crippen molar-refractivity contribution in [2.45, 2.75) is 129 Å². The lowest BCUT2D eigenvalue weighted by atomic mass is 10.1. The number of rotatable bonds is 34. The first-order valence-corrected chi connectivity index (χ1v) is 20.4. The second-order valence-corrected chi connectivity index (χ2v) is 14.1. The fourth-order valence-electron chi connectivity index (χ4n) is 5.10. The molecule has 0 aromatic heterocycles. The van der Waals surface area contributed by atoms with Gasteiger partial charge in [-0.1, -0.05) is 130 Å². The van der Waals surface area contributed by atoms with Crippen LogP contribution in [0.3, 0.4) is 0 Å². The monoisotopic (exact) mass is 765 g/mol. The maximum atomic E-state index is 12.6. The highest BCUT2D eigenvalue weighted by Crippen LogP contribution is 2.10. The van der Waals surface area contributed by atoms with E-state index >= 15 is 0 Å². The van der Waals surface area contributed by atoms with Gasteiger partial charge in [-0.15, -0.1) is 0 Å². The van der Waals surface area contributed by atoms with Crippen molar-refractivity contribution in [3.8, 4) is 0 Å². The number of hydrogen-bond acceptors (Lipinski definition) is 6. The number of carbonyl (C=O) groups excluding carboxylic acids is 2. The minimum atomic E-state index is -0.899. The van der Waals surface area contributed by atoms with E-state index in [1.165, 1.54) is 0 Å². The van der Waals surface area contributed by atoms with Gasteiger partial charge in [0.25, 0.3) is 0 Å². The summed E-state index contributed by atoms with van der Waals surface area (Å²) in [6, 6.07) is -0.639. The topological polar surface area (TPSA) is 99.1 Å². The van der Waals surface area contributed by atoms with Crippen LogP contribution in [0, 0.1) is 0 Å². The predicted octanol–water partition coefficient (Wildman–Crippen LogP) is 10.9. The first-order chi connectivity index (χ1) is 26.6. The summed E-state index contributed by atoms with van der Waals surface area (Å²) in [5, 5.41) is 9.58. The summed E-state index contributed by atoms with van der Waals surface area (Å²) in [5.41, 5.74) is 0. The summed E-state index contributed by atoms with van der Waals surface area (Å²) in [5.74, 6) is -1.68. The Balaban J connectivity index is 4.43. The molecule has 0 rings (SSSR count).